The van der Waals surface area contributed by atoms with Crippen LogP contribution in [0.2, 0.25) is 0 Å². The average molecular weight is 443 g/mol. The van der Waals surface area contributed by atoms with Crippen LogP contribution in [0.4, 0.5) is 4.39 Å². The van der Waals surface area contributed by atoms with E-state index in [0.717, 1.165) is 11.1 Å². The molecule has 0 fully saturated rings. The van der Waals surface area contributed by atoms with Crippen LogP contribution in [0.25, 0.3) is 6.08 Å². The van der Waals surface area contributed by atoms with E-state index in [1.807, 2.05) is 36.4 Å². The number of benzene rings is 3. The number of hydrogen-bond donors (Lipinski definition) is 0. The minimum Gasteiger partial charge on any atom is -0.493 e. The van der Waals surface area contributed by atoms with Gasteiger partial charge in [-0.1, -0.05) is 59.8 Å². The maximum absolute atomic E-state index is 14.0. The Morgan fingerprint density at radius 2 is 1.82 bits per heavy atom. The number of carbonyl (C=O) groups excluding carboxylic acids is 1. The fourth-order valence-corrected chi connectivity index (χ4v) is 3.54. The smallest absolute Gasteiger partial charge is 0.368 e. The van der Waals surface area contributed by atoms with Gasteiger partial charge in [0.15, 0.2) is 11.5 Å². The summed E-state index contributed by atoms with van der Waals surface area (Å²) in [5.41, 5.74) is 3.51. The molecule has 0 aromatic heterocycles. The summed E-state index contributed by atoms with van der Waals surface area (Å²) >= 11 is 0. The topological polar surface area (TPSA) is 57.1 Å². The summed E-state index contributed by atoms with van der Waals surface area (Å²) in [6.07, 6.45) is 3.93. The van der Waals surface area contributed by atoms with Crippen molar-refractivity contribution in [1.82, 2.24) is 0 Å². The number of oxime groups is 1. The lowest BCUT2D eigenvalue weighted by Crippen LogP contribution is -2.07. The van der Waals surface area contributed by atoms with Crippen LogP contribution in [0.3, 0.4) is 0 Å². The van der Waals surface area contributed by atoms with Crippen molar-refractivity contribution in [3.05, 3.63) is 113 Å². The van der Waals surface area contributed by atoms with Crippen LogP contribution in [0.1, 0.15) is 22.3 Å². The molecule has 0 unspecified atom stereocenters. The fraction of sp³-hybridized carbons (Fsp3) is 0.111. The highest BCUT2D eigenvalue weighted by atomic mass is 19.1. The highest BCUT2D eigenvalue weighted by molar-refractivity contribution is 6.31. The molecule has 166 valence electrons. The molecular weight excluding hydrogens is 421 g/mol. The number of allylic oxidation sites excluding steroid dienone is 1. The third-order valence-electron chi connectivity index (χ3n) is 5.12. The number of hydrogen-bond acceptors (Lipinski definition) is 5. The van der Waals surface area contributed by atoms with Crippen molar-refractivity contribution in [1.29, 1.82) is 0 Å². The number of methoxy groups -OCH3 is 1. The van der Waals surface area contributed by atoms with Gasteiger partial charge in [-0.25, -0.2) is 9.18 Å². The molecule has 0 spiro atoms. The minimum absolute atomic E-state index is 0.0464. The Bertz CT molecular complexity index is 1250. The lowest BCUT2D eigenvalue weighted by atomic mass is 9.99. The Morgan fingerprint density at radius 3 is 2.55 bits per heavy atom. The van der Waals surface area contributed by atoms with E-state index in [4.69, 9.17) is 14.3 Å². The van der Waals surface area contributed by atoms with Crippen molar-refractivity contribution in [3.63, 3.8) is 0 Å². The Morgan fingerprint density at radius 1 is 1.06 bits per heavy atom. The summed E-state index contributed by atoms with van der Waals surface area (Å²) in [7, 11) is 1.53. The summed E-state index contributed by atoms with van der Waals surface area (Å²) in [6.45, 7) is 3.86. The van der Waals surface area contributed by atoms with Gasteiger partial charge < -0.3 is 14.3 Å². The third-order valence-corrected chi connectivity index (χ3v) is 5.12. The molecule has 6 heteroatoms. The van der Waals surface area contributed by atoms with E-state index in [9.17, 15) is 9.18 Å². The van der Waals surface area contributed by atoms with Gasteiger partial charge in [-0.15, -0.1) is 6.58 Å². The van der Waals surface area contributed by atoms with Gasteiger partial charge in [0.25, 0.3) is 0 Å². The minimum atomic E-state index is -0.530. The zero-order chi connectivity index (χ0) is 23.2. The van der Waals surface area contributed by atoms with Crippen LogP contribution in [-0.2, 0) is 22.7 Å². The molecule has 0 N–H and O–H groups in total. The number of rotatable bonds is 8. The van der Waals surface area contributed by atoms with Crippen LogP contribution < -0.4 is 9.47 Å². The van der Waals surface area contributed by atoms with Crippen molar-refractivity contribution in [2.24, 2.45) is 5.16 Å². The van der Waals surface area contributed by atoms with Crippen LogP contribution in [0.5, 0.6) is 11.5 Å². The zero-order valence-electron chi connectivity index (χ0n) is 18.1. The third kappa shape index (κ3) is 4.85. The SMILES string of the molecule is C=CCc1cc(/C=C2\C(=O)ON=C2c2ccccc2)cc(OC)c1OCc1ccccc1F. The largest absolute Gasteiger partial charge is 0.493 e. The van der Waals surface area contributed by atoms with E-state index in [-0.39, 0.29) is 12.4 Å². The van der Waals surface area contributed by atoms with E-state index in [1.165, 1.54) is 13.2 Å². The normalized spacial score (nSPS) is 14.1. The van der Waals surface area contributed by atoms with Crippen LogP contribution >= 0.6 is 0 Å². The number of halogens is 1. The first kappa shape index (κ1) is 22.0. The number of nitrogens with zero attached hydrogens (tertiary/aromatic N) is 1. The quantitative estimate of drug-likeness (QED) is 0.263. The van der Waals surface area contributed by atoms with Gasteiger partial charge in [0, 0.05) is 16.7 Å². The lowest BCUT2D eigenvalue weighted by molar-refractivity contribution is -0.136. The van der Waals surface area contributed by atoms with Gasteiger partial charge in [0.1, 0.15) is 18.1 Å². The lowest BCUT2D eigenvalue weighted by Gasteiger charge is -2.16. The van der Waals surface area contributed by atoms with E-state index in [2.05, 4.69) is 11.7 Å². The number of carbonyl (C=O) groups is 1. The van der Waals surface area contributed by atoms with Crippen molar-refractivity contribution in [3.8, 4) is 11.5 Å². The summed E-state index contributed by atoms with van der Waals surface area (Å²) in [4.78, 5) is 17.3. The first-order chi connectivity index (χ1) is 16.1. The molecule has 0 radical (unpaired) electrons. The Hall–Kier alpha value is -4.19. The molecule has 0 saturated heterocycles. The second kappa shape index (κ2) is 9.96. The average Bonchev–Trinajstić information content (AvgIpc) is 3.19. The standard InChI is InChI=1S/C27H22FNO4/c1-3-9-20-14-18(15-22-25(29-33-27(22)30)19-10-5-4-6-11-19)16-24(31-2)26(20)32-17-21-12-7-8-13-23(21)28/h3-8,10-16H,1,9,17H2,2H3/b22-15-. The molecule has 0 saturated carbocycles. The predicted molar refractivity (Wildman–Crippen MR) is 125 cm³/mol. The molecule has 0 atom stereocenters. The van der Waals surface area contributed by atoms with Crippen LogP contribution in [0.15, 0.2) is 90.1 Å². The van der Waals surface area contributed by atoms with E-state index < -0.39 is 5.97 Å². The zero-order valence-corrected chi connectivity index (χ0v) is 18.1. The molecule has 0 amide bonds. The summed E-state index contributed by atoms with van der Waals surface area (Å²) < 4.78 is 25.6. The van der Waals surface area contributed by atoms with Gasteiger partial charge in [-0.05, 0) is 36.3 Å². The molecule has 33 heavy (non-hydrogen) atoms. The second-order valence-corrected chi connectivity index (χ2v) is 7.33. The molecule has 1 aliphatic heterocycles. The maximum Gasteiger partial charge on any atom is 0.368 e. The van der Waals surface area contributed by atoms with Crippen molar-refractivity contribution >= 4 is 17.8 Å². The Balaban J connectivity index is 1.70. The van der Waals surface area contributed by atoms with Crippen molar-refractivity contribution in [2.45, 2.75) is 13.0 Å². The summed E-state index contributed by atoms with van der Waals surface area (Å²) in [5, 5.41) is 3.95. The molecular formula is C27H22FNO4. The van der Waals surface area contributed by atoms with Gasteiger partial charge in [-0.3, -0.25) is 0 Å². The summed E-state index contributed by atoms with van der Waals surface area (Å²) in [5.74, 6) is 0.0874. The second-order valence-electron chi connectivity index (χ2n) is 7.33. The van der Waals surface area contributed by atoms with E-state index in [0.29, 0.717) is 40.3 Å². The van der Waals surface area contributed by atoms with E-state index in [1.54, 1.807) is 36.4 Å². The molecule has 5 nitrogen and oxygen atoms in total. The molecule has 1 heterocycles. The van der Waals surface area contributed by atoms with Crippen LogP contribution in [0, 0.1) is 5.82 Å². The van der Waals surface area contributed by atoms with Crippen LogP contribution in [-0.4, -0.2) is 18.8 Å². The summed E-state index contributed by atoms with van der Waals surface area (Å²) in [6, 6.07) is 19.4. The molecule has 0 aliphatic carbocycles. The Labute approximate surface area is 191 Å². The monoisotopic (exact) mass is 443 g/mol. The predicted octanol–water partition coefficient (Wildman–Crippen LogP) is 5.49. The molecule has 3 aromatic rings. The Kier molecular flexibility index (Phi) is 6.64. The highest BCUT2D eigenvalue weighted by Gasteiger charge is 2.27. The van der Waals surface area contributed by atoms with Crippen molar-refractivity contribution < 1.29 is 23.5 Å². The molecule has 0 bridgehead atoms. The van der Waals surface area contributed by atoms with Gasteiger partial charge in [0.2, 0.25) is 0 Å². The number of ether oxygens (including phenoxy) is 2. The first-order valence-electron chi connectivity index (χ1n) is 10.4. The van der Waals surface area contributed by atoms with E-state index >= 15 is 0 Å². The molecule has 1 aliphatic rings. The van der Waals surface area contributed by atoms with Crippen molar-refractivity contribution in [2.75, 3.05) is 7.11 Å². The molecule has 3 aromatic carbocycles. The fourth-order valence-electron chi connectivity index (χ4n) is 3.54. The van der Waals surface area contributed by atoms with Gasteiger partial charge in [-0.2, -0.15) is 0 Å². The maximum atomic E-state index is 14.0. The van der Waals surface area contributed by atoms with Gasteiger partial charge in [0.05, 0.1) is 12.7 Å². The first-order valence-corrected chi connectivity index (χ1v) is 10.4. The highest BCUT2D eigenvalue weighted by Crippen LogP contribution is 2.35. The van der Waals surface area contributed by atoms with Gasteiger partial charge >= 0.3 is 5.97 Å². The molecule has 4 rings (SSSR count).